The maximum Gasteiger partial charge on any atom is 0.254 e. The molecule has 1 fully saturated rings. The minimum absolute atomic E-state index is 0.0401. The Balaban J connectivity index is 1.34. The molecule has 5 rings (SSSR count). The van der Waals surface area contributed by atoms with Gasteiger partial charge >= 0.3 is 0 Å². The number of fused-ring (bicyclic) bond motifs is 1. The molecule has 0 aliphatic carbocycles. The molecule has 1 saturated heterocycles. The minimum Gasteiger partial charge on any atom is -0.306 e. The van der Waals surface area contributed by atoms with E-state index in [0.717, 1.165) is 41.5 Å². The average Bonchev–Trinajstić information content (AvgIpc) is 3.22. The molecule has 4 heterocycles. The van der Waals surface area contributed by atoms with Crippen molar-refractivity contribution in [1.82, 2.24) is 30.7 Å². The minimum atomic E-state index is -0.0401. The van der Waals surface area contributed by atoms with E-state index in [4.69, 9.17) is 16.6 Å². The molecule has 1 aromatic carbocycles. The summed E-state index contributed by atoms with van der Waals surface area (Å²) in [5.41, 5.74) is 10.4. The van der Waals surface area contributed by atoms with E-state index in [1.54, 1.807) is 12.4 Å². The number of benzene rings is 1. The predicted molar refractivity (Wildman–Crippen MR) is 116 cm³/mol. The van der Waals surface area contributed by atoms with Crippen molar-refractivity contribution in [3.05, 3.63) is 81.0 Å². The Hall–Kier alpha value is -2.58. The van der Waals surface area contributed by atoms with Gasteiger partial charge in [-0.05, 0) is 36.2 Å². The Labute approximate surface area is 179 Å². The lowest BCUT2D eigenvalue weighted by Gasteiger charge is -2.31. The van der Waals surface area contributed by atoms with Crippen molar-refractivity contribution in [3.63, 3.8) is 0 Å². The van der Waals surface area contributed by atoms with Crippen LogP contribution < -0.4 is 16.4 Å². The molecule has 0 saturated carbocycles. The summed E-state index contributed by atoms with van der Waals surface area (Å²) in [4.78, 5) is 26.8. The van der Waals surface area contributed by atoms with Crippen molar-refractivity contribution in [2.24, 2.45) is 5.92 Å². The van der Waals surface area contributed by atoms with Crippen molar-refractivity contribution in [2.75, 3.05) is 19.6 Å². The number of hydrogen-bond donors (Lipinski definition) is 3. The van der Waals surface area contributed by atoms with Gasteiger partial charge in [0.15, 0.2) is 0 Å². The van der Waals surface area contributed by atoms with E-state index >= 15 is 0 Å². The molecule has 0 radical (unpaired) electrons. The first-order chi connectivity index (χ1) is 14.7. The van der Waals surface area contributed by atoms with Crippen molar-refractivity contribution in [1.29, 1.82) is 0 Å². The molecule has 3 N–H and O–H groups in total. The first kappa shape index (κ1) is 19.4. The van der Waals surface area contributed by atoms with Gasteiger partial charge in [-0.15, -0.1) is 0 Å². The van der Waals surface area contributed by atoms with Crippen LogP contribution in [-0.2, 0) is 13.0 Å². The van der Waals surface area contributed by atoms with Crippen molar-refractivity contribution < 1.29 is 0 Å². The maximum atomic E-state index is 12.6. The number of rotatable bonds is 4. The molecular formula is C22H23ClN6O. The normalized spacial score (nSPS) is 21.5. The lowest BCUT2D eigenvalue weighted by Crippen LogP contribution is -2.39. The van der Waals surface area contributed by atoms with Crippen molar-refractivity contribution >= 4 is 11.6 Å². The Morgan fingerprint density at radius 3 is 2.87 bits per heavy atom. The number of aromatic amines is 1. The quantitative estimate of drug-likeness (QED) is 0.598. The lowest BCUT2D eigenvalue weighted by atomic mass is 9.93. The summed E-state index contributed by atoms with van der Waals surface area (Å²) in [5.74, 6) is 0.990. The summed E-state index contributed by atoms with van der Waals surface area (Å²) in [5, 5.41) is 0.745. The molecule has 30 heavy (non-hydrogen) atoms. The summed E-state index contributed by atoms with van der Waals surface area (Å²) in [7, 11) is 0. The van der Waals surface area contributed by atoms with Crippen LogP contribution in [0.1, 0.15) is 22.9 Å². The Kier molecular flexibility index (Phi) is 5.35. The molecular weight excluding hydrogens is 400 g/mol. The van der Waals surface area contributed by atoms with E-state index in [2.05, 4.69) is 37.9 Å². The highest BCUT2D eigenvalue weighted by atomic mass is 35.5. The fourth-order valence-electron chi connectivity index (χ4n) is 4.35. The Bertz CT molecular complexity index is 1090. The third-order valence-corrected chi connectivity index (χ3v) is 6.15. The van der Waals surface area contributed by atoms with Crippen LogP contribution in [0, 0.1) is 5.92 Å². The fraction of sp³-hybridized carbons (Fsp3) is 0.318. The number of nitrogens with one attached hydrogen (secondary N) is 3. The highest BCUT2D eigenvalue weighted by Gasteiger charge is 2.31. The molecule has 3 aromatic rings. The van der Waals surface area contributed by atoms with E-state index in [9.17, 15) is 4.79 Å². The van der Waals surface area contributed by atoms with Crippen LogP contribution in [0.3, 0.4) is 0 Å². The molecule has 8 heteroatoms. The fourth-order valence-corrected chi connectivity index (χ4v) is 4.48. The second kappa shape index (κ2) is 8.28. The molecule has 0 spiro atoms. The average molecular weight is 423 g/mol. The van der Waals surface area contributed by atoms with E-state index in [0.29, 0.717) is 24.7 Å². The van der Waals surface area contributed by atoms with Crippen LogP contribution in [0.15, 0.2) is 53.6 Å². The monoisotopic (exact) mass is 422 g/mol. The zero-order valence-electron chi connectivity index (χ0n) is 16.4. The van der Waals surface area contributed by atoms with Gasteiger partial charge in [-0.2, -0.15) is 0 Å². The van der Waals surface area contributed by atoms with Gasteiger partial charge in [0, 0.05) is 60.6 Å². The zero-order chi connectivity index (χ0) is 20.5. The van der Waals surface area contributed by atoms with Crippen LogP contribution in [0.5, 0.6) is 0 Å². The summed E-state index contributed by atoms with van der Waals surface area (Å²) in [6.45, 7) is 3.34. The summed E-state index contributed by atoms with van der Waals surface area (Å²) < 4.78 is 0. The third-order valence-electron chi connectivity index (χ3n) is 5.90. The van der Waals surface area contributed by atoms with Crippen LogP contribution in [0.2, 0.25) is 5.02 Å². The van der Waals surface area contributed by atoms with Crippen molar-refractivity contribution in [2.45, 2.75) is 19.0 Å². The highest BCUT2D eigenvalue weighted by molar-refractivity contribution is 6.30. The van der Waals surface area contributed by atoms with Gasteiger partial charge in [0.2, 0.25) is 0 Å². The maximum absolute atomic E-state index is 12.6. The standard InChI is InChI=1S/C22H23ClN6O/c23-17-5-3-14(4-6-17)20-16(11-25-28-20)12-29-9-7-18-19(13-29)26-21(27-22(18)30)15-2-1-8-24-10-15/h1-6,8,10,16,20,25,28H,7,9,11-13H2,(H,26,27,30). The Morgan fingerprint density at radius 2 is 2.07 bits per heavy atom. The number of H-pyrrole nitrogens is 1. The van der Waals surface area contributed by atoms with Gasteiger partial charge < -0.3 is 4.98 Å². The van der Waals surface area contributed by atoms with Crippen LogP contribution in [0.25, 0.3) is 11.4 Å². The van der Waals surface area contributed by atoms with E-state index < -0.39 is 0 Å². The smallest absolute Gasteiger partial charge is 0.254 e. The second-order valence-corrected chi connectivity index (χ2v) is 8.32. The second-order valence-electron chi connectivity index (χ2n) is 7.88. The van der Waals surface area contributed by atoms with E-state index in [1.807, 2.05) is 24.3 Å². The topological polar surface area (TPSA) is 85.9 Å². The number of hydrogen-bond acceptors (Lipinski definition) is 6. The first-order valence-corrected chi connectivity index (χ1v) is 10.5. The molecule has 2 aromatic heterocycles. The number of pyridine rings is 1. The molecule has 2 aliphatic heterocycles. The van der Waals surface area contributed by atoms with Gasteiger partial charge in [0.1, 0.15) is 5.82 Å². The van der Waals surface area contributed by atoms with Crippen LogP contribution in [-0.4, -0.2) is 39.5 Å². The summed E-state index contributed by atoms with van der Waals surface area (Å²) >= 11 is 6.04. The Morgan fingerprint density at radius 1 is 1.20 bits per heavy atom. The molecule has 2 unspecified atom stereocenters. The number of aromatic nitrogens is 3. The lowest BCUT2D eigenvalue weighted by molar-refractivity contribution is 0.206. The predicted octanol–water partition coefficient (Wildman–Crippen LogP) is 2.31. The number of halogens is 1. The van der Waals surface area contributed by atoms with Gasteiger partial charge in [-0.3, -0.25) is 20.1 Å². The zero-order valence-corrected chi connectivity index (χ0v) is 17.2. The van der Waals surface area contributed by atoms with Crippen LogP contribution >= 0.6 is 11.6 Å². The molecule has 154 valence electrons. The van der Waals surface area contributed by atoms with E-state index in [1.165, 1.54) is 5.56 Å². The van der Waals surface area contributed by atoms with Gasteiger partial charge in [0.25, 0.3) is 5.56 Å². The summed E-state index contributed by atoms with van der Waals surface area (Å²) in [6.07, 6.45) is 4.14. The number of nitrogens with zero attached hydrogens (tertiary/aromatic N) is 3. The molecule has 0 amide bonds. The van der Waals surface area contributed by atoms with Crippen molar-refractivity contribution in [3.8, 4) is 11.4 Å². The van der Waals surface area contributed by atoms with Gasteiger partial charge in [-0.1, -0.05) is 23.7 Å². The SMILES string of the molecule is O=c1[nH]c(-c2cccnc2)nc2c1CCN(CC1CNNC1c1ccc(Cl)cc1)C2. The molecule has 2 aliphatic rings. The molecule has 2 atom stereocenters. The third kappa shape index (κ3) is 3.89. The molecule has 0 bridgehead atoms. The van der Waals surface area contributed by atoms with E-state index in [-0.39, 0.29) is 11.6 Å². The molecule has 7 nitrogen and oxygen atoms in total. The van der Waals surface area contributed by atoms with Crippen LogP contribution in [0.4, 0.5) is 0 Å². The first-order valence-electron chi connectivity index (χ1n) is 10.2. The van der Waals surface area contributed by atoms with Gasteiger partial charge in [-0.25, -0.2) is 10.4 Å². The number of hydrazine groups is 1. The largest absolute Gasteiger partial charge is 0.306 e. The van der Waals surface area contributed by atoms with Gasteiger partial charge in [0.05, 0.1) is 11.7 Å². The highest BCUT2D eigenvalue weighted by Crippen LogP contribution is 2.28. The summed E-state index contributed by atoms with van der Waals surface area (Å²) in [6, 6.07) is 12.0.